The monoisotopic (exact) mass is 330 g/mol. The van der Waals surface area contributed by atoms with Crippen molar-refractivity contribution in [2.45, 2.75) is 0 Å². The number of aromatic nitrogens is 1. The highest BCUT2D eigenvalue weighted by Crippen LogP contribution is 2.26. The zero-order valence-electron chi connectivity index (χ0n) is 13.2. The molecule has 4 aromatic rings. The normalized spacial score (nSPS) is 11.2. The lowest BCUT2D eigenvalue weighted by Crippen LogP contribution is -2.07. The fourth-order valence-electron chi connectivity index (χ4n) is 2.45. The molecule has 1 N–H and O–H groups in total. The second kappa shape index (κ2) is 6.49. The number of hydrogen-bond donors (Lipinski definition) is 1. The van der Waals surface area contributed by atoms with Crippen LogP contribution in [-0.4, -0.2) is 10.9 Å². The predicted octanol–water partition coefficient (Wildman–Crippen LogP) is 4.74. The van der Waals surface area contributed by atoms with Crippen LogP contribution in [-0.2, 0) is 4.79 Å². The van der Waals surface area contributed by atoms with Crippen molar-refractivity contribution in [1.29, 1.82) is 0 Å². The third-order valence-electron chi connectivity index (χ3n) is 3.61. The van der Waals surface area contributed by atoms with E-state index in [1.54, 1.807) is 24.5 Å². The number of anilines is 1. The minimum absolute atomic E-state index is 0.244. The molecule has 0 unspecified atom stereocenters. The van der Waals surface area contributed by atoms with E-state index in [0.29, 0.717) is 17.3 Å². The maximum absolute atomic E-state index is 12.0. The third kappa shape index (κ3) is 3.35. The number of benzene rings is 2. The van der Waals surface area contributed by atoms with Crippen LogP contribution in [0, 0.1) is 0 Å². The Kier molecular flexibility index (Phi) is 3.88. The van der Waals surface area contributed by atoms with Gasteiger partial charge in [-0.1, -0.05) is 18.2 Å². The fraction of sp³-hybridized carbons (Fsp3) is 0. The van der Waals surface area contributed by atoms with E-state index in [1.165, 1.54) is 6.08 Å². The molecule has 0 aliphatic rings. The fourth-order valence-corrected chi connectivity index (χ4v) is 2.45. The number of hydrogen-bond acceptors (Lipinski definition) is 4. The number of para-hydroxylation sites is 2. The summed E-state index contributed by atoms with van der Waals surface area (Å²) in [4.78, 5) is 16.5. The Labute approximate surface area is 143 Å². The van der Waals surface area contributed by atoms with E-state index in [2.05, 4.69) is 10.3 Å². The quantitative estimate of drug-likeness (QED) is 0.549. The molecule has 0 spiro atoms. The zero-order chi connectivity index (χ0) is 17.1. The van der Waals surface area contributed by atoms with Gasteiger partial charge in [0, 0.05) is 17.3 Å². The number of nitrogens with one attached hydrogen (secondary N) is 1. The summed E-state index contributed by atoms with van der Waals surface area (Å²) in [6, 6.07) is 18.5. The lowest BCUT2D eigenvalue weighted by atomic mass is 10.2. The summed E-state index contributed by atoms with van der Waals surface area (Å²) in [5, 5.41) is 2.81. The minimum atomic E-state index is -0.244. The van der Waals surface area contributed by atoms with E-state index in [1.807, 2.05) is 48.5 Å². The Hall–Kier alpha value is -3.60. The molecule has 5 nitrogen and oxygen atoms in total. The average molecular weight is 330 g/mol. The van der Waals surface area contributed by atoms with Crippen LogP contribution in [0.2, 0.25) is 0 Å². The molecular weight excluding hydrogens is 316 g/mol. The van der Waals surface area contributed by atoms with Crippen molar-refractivity contribution in [2.75, 3.05) is 5.32 Å². The van der Waals surface area contributed by atoms with Gasteiger partial charge in [0.2, 0.25) is 11.8 Å². The molecular formula is C20H14N2O3. The average Bonchev–Trinajstić information content (AvgIpc) is 3.29. The van der Waals surface area contributed by atoms with Crippen molar-refractivity contribution in [3.63, 3.8) is 0 Å². The lowest BCUT2D eigenvalue weighted by Gasteiger charge is -2.03. The zero-order valence-corrected chi connectivity index (χ0v) is 13.2. The van der Waals surface area contributed by atoms with E-state index in [9.17, 15) is 4.79 Å². The molecule has 2 aromatic carbocycles. The second-order valence-electron chi connectivity index (χ2n) is 5.41. The molecule has 5 heteroatoms. The molecule has 0 saturated heterocycles. The number of fused-ring (bicyclic) bond motifs is 1. The van der Waals surface area contributed by atoms with Gasteiger partial charge in [0.15, 0.2) is 5.58 Å². The van der Waals surface area contributed by atoms with E-state index < -0.39 is 0 Å². The van der Waals surface area contributed by atoms with Crippen LogP contribution in [0.4, 0.5) is 5.69 Å². The van der Waals surface area contributed by atoms with Crippen LogP contribution >= 0.6 is 0 Å². The topological polar surface area (TPSA) is 68.3 Å². The van der Waals surface area contributed by atoms with Crippen LogP contribution in [0.25, 0.3) is 28.6 Å². The highest BCUT2D eigenvalue weighted by Gasteiger charge is 2.08. The number of rotatable bonds is 4. The molecule has 0 atom stereocenters. The van der Waals surface area contributed by atoms with Crippen LogP contribution in [0.15, 0.2) is 81.8 Å². The van der Waals surface area contributed by atoms with Gasteiger partial charge in [0.25, 0.3) is 0 Å². The number of amides is 1. The molecule has 0 bridgehead atoms. The summed E-state index contributed by atoms with van der Waals surface area (Å²) in [6.45, 7) is 0. The van der Waals surface area contributed by atoms with Gasteiger partial charge in [-0.2, -0.15) is 0 Å². The summed E-state index contributed by atoms with van der Waals surface area (Å²) >= 11 is 0. The summed E-state index contributed by atoms with van der Waals surface area (Å²) < 4.78 is 10.9. The SMILES string of the molecule is O=C(/C=C/c1ccco1)Nc1cccc(-c2nc3ccccc3o2)c1. The number of carbonyl (C=O) groups excluding carboxylic acids is 1. The number of oxazole rings is 1. The van der Waals surface area contributed by atoms with Gasteiger partial charge in [-0.25, -0.2) is 4.98 Å². The van der Waals surface area contributed by atoms with Crippen molar-refractivity contribution >= 4 is 28.8 Å². The lowest BCUT2D eigenvalue weighted by molar-refractivity contribution is -0.111. The van der Waals surface area contributed by atoms with Gasteiger partial charge in [-0.05, 0) is 48.5 Å². The molecule has 2 heterocycles. The summed E-state index contributed by atoms with van der Waals surface area (Å²) in [5.74, 6) is 0.893. The van der Waals surface area contributed by atoms with Crippen LogP contribution in [0.5, 0.6) is 0 Å². The Morgan fingerprint density at radius 2 is 1.96 bits per heavy atom. The first-order valence-electron chi connectivity index (χ1n) is 7.76. The molecule has 122 valence electrons. The third-order valence-corrected chi connectivity index (χ3v) is 3.61. The Balaban J connectivity index is 1.54. The molecule has 25 heavy (non-hydrogen) atoms. The maximum Gasteiger partial charge on any atom is 0.248 e. The summed E-state index contributed by atoms with van der Waals surface area (Å²) in [7, 11) is 0. The van der Waals surface area contributed by atoms with Crippen LogP contribution in [0.1, 0.15) is 5.76 Å². The highest BCUT2D eigenvalue weighted by molar-refractivity contribution is 6.02. The highest BCUT2D eigenvalue weighted by atomic mass is 16.3. The molecule has 4 rings (SSSR count). The van der Waals surface area contributed by atoms with Gasteiger partial charge in [-0.15, -0.1) is 0 Å². The van der Waals surface area contributed by atoms with Crippen LogP contribution < -0.4 is 5.32 Å². The number of carbonyl (C=O) groups is 1. The van der Waals surface area contributed by atoms with E-state index in [4.69, 9.17) is 8.83 Å². The molecule has 1 amide bonds. The summed E-state index contributed by atoms with van der Waals surface area (Å²) in [5.41, 5.74) is 2.99. The van der Waals surface area contributed by atoms with Crippen molar-refractivity contribution in [3.8, 4) is 11.5 Å². The smallest absolute Gasteiger partial charge is 0.248 e. The first kappa shape index (κ1) is 15.0. The molecule has 0 aliphatic heterocycles. The van der Waals surface area contributed by atoms with Gasteiger partial charge in [0.1, 0.15) is 11.3 Å². The minimum Gasteiger partial charge on any atom is -0.465 e. The Bertz CT molecular complexity index is 1010. The molecule has 0 radical (unpaired) electrons. The van der Waals surface area contributed by atoms with Crippen molar-refractivity contribution in [2.24, 2.45) is 0 Å². The van der Waals surface area contributed by atoms with Gasteiger partial charge in [-0.3, -0.25) is 4.79 Å². The van der Waals surface area contributed by atoms with Crippen molar-refractivity contribution in [1.82, 2.24) is 4.98 Å². The predicted molar refractivity (Wildman–Crippen MR) is 95.8 cm³/mol. The molecule has 2 aromatic heterocycles. The van der Waals surface area contributed by atoms with Crippen molar-refractivity contribution < 1.29 is 13.6 Å². The van der Waals surface area contributed by atoms with E-state index in [-0.39, 0.29) is 5.91 Å². The van der Waals surface area contributed by atoms with E-state index >= 15 is 0 Å². The van der Waals surface area contributed by atoms with Gasteiger partial charge < -0.3 is 14.2 Å². The first-order chi connectivity index (χ1) is 12.3. The number of nitrogens with zero attached hydrogens (tertiary/aromatic N) is 1. The largest absolute Gasteiger partial charge is 0.465 e. The first-order valence-corrected chi connectivity index (χ1v) is 7.76. The maximum atomic E-state index is 12.0. The standard InChI is InChI=1S/C20H14N2O3/c23-19(11-10-16-7-4-12-24-16)21-15-6-3-5-14(13-15)20-22-17-8-1-2-9-18(17)25-20/h1-13H,(H,21,23)/b11-10+. The second-order valence-corrected chi connectivity index (χ2v) is 5.41. The summed E-state index contributed by atoms with van der Waals surface area (Å²) in [6.07, 6.45) is 4.59. The molecule has 0 fully saturated rings. The van der Waals surface area contributed by atoms with Crippen molar-refractivity contribution in [3.05, 3.63) is 78.8 Å². The molecule has 0 saturated carbocycles. The van der Waals surface area contributed by atoms with Gasteiger partial charge in [0.05, 0.1) is 6.26 Å². The van der Waals surface area contributed by atoms with Gasteiger partial charge >= 0.3 is 0 Å². The Morgan fingerprint density at radius 3 is 2.80 bits per heavy atom. The Morgan fingerprint density at radius 1 is 1.04 bits per heavy atom. The number of furan rings is 1. The van der Waals surface area contributed by atoms with E-state index in [0.717, 1.165) is 16.7 Å². The van der Waals surface area contributed by atoms with Crippen LogP contribution in [0.3, 0.4) is 0 Å². The molecule has 0 aliphatic carbocycles.